The molecule has 0 bridgehead atoms. The molecular weight excluding hydrogens is 282 g/mol. The summed E-state index contributed by atoms with van der Waals surface area (Å²) < 4.78 is 27.0. The van der Waals surface area contributed by atoms with Gasteiger partial charge in [-0.05, 0) is 55.9 Å². The molecule has 0 unspecified atom stereocenters. The van der Waals surface area contributed by atoms with Crippen LogP contribution in [0.2, 0.25) is 5.02 Å². The van der Waals surface area contributed by atoms with Crippen LogP contribution in [0.5, 0.6) is 0 Å². The van der Waals surface area contributed by atoms with E-state index in [0.717, 1.165) is 18.4 Å². The molecule has 0 amide bonds. The Kier molecular flexibility index (Phi) is 4.23. The van der Waals surface area contributed by atoms with Crippen LogP contribution in [0.15, 0.2) is 17.0 Å². The lowest BCUT2D eigenvalue weighted by molar-refractivity contribution is 0.281. The van der Waals surface area contributed by atoms with Gasteiger partial charge in [0.1, 0.15) is 0 Å². The number of aryl methyl sites for hydroxylation is 2. The number of halogens is 1. The number of rotatable bonds is 2. The number of nitrogens with zero attached hydrogens (tertiary/aromatic N) is 1. The summed E-state index contributed by atoms with van der Waals surface area (Å²) in [7, 11) is -3.39. The molecule has 1 saturated heterocycles. The zero-order chi connectivity index (χ0) is 14.2. The van der Waals surface area contributed by atoms with E-state index in [0.29, 0.717) is 34.5 Å². The first-order valence-electron chi connectivity index (χ1n) is 6.59. The van der Waals surface area contributed by atoms with Crippen LogP contribution < -0.4 is 0 Å². The van der Waals surface area contributed by atoms with Crippen molar-refractivity contribution in [3.63, 3.8) is 0 Å². The lowest BCUT2D eigenvalue weighted by Gasteiger charge is -2.30. The maximum atomic E-state index is 12.7. The molecule has 2 rings (SSSR count). The molecule has 106 valence electrons. The number of sulfonamides is 1. The van der Waals surface area contributed by atoms with Gasteiger partial charge in [-0.2, -0.15) is 4.31 Å². The molecule has 0 saturated carbocycles. The van der Waals surface area contributed by atoms with E-state index in [4.69, 9.17) is 11.6 Å². The molecule has 5 heteroatoms. The van der Waals surface area contributed by atoms with Crippen molar-refractivity contribution in [3.8, 4) is 0 Å². The van der Waals surface area contributed by atoms with Gasteiger partial charge in [-0.1, -0.05) is 18.5 Å². The van der Waals surface area contributed by atoms with Crippen LogP contribution in [0.4, 0.5) is 0 Å². The Balaban J connectivity index is 2.42. The van der Waals surface area contributed by atoms with E-state index in [2.05, 4.69) is 6.92 Å². The molecule has 1 aliphatic rings. The average Bonchev–Trinajstić information content (AvgIpc) is 2.33. The minimum Gasteiger partial charge on any atom is -0.207 e. The number of piperidine rings is 1. The van der Waals surface area contributed by atoms with Crippen molar-refractivity contribution in [1.82, 2.24) is 4.31 Å². The van der Waals surface area contributed by atoms with Crippen LogP contribution >= 0.6 is 11.6 Å². The molecule has 3 nitrogen and oxygen atoms in total. The molecule has 1 aliphatic heterocycles. The normalized spacial score (nSPS) is 21.6. The second kappa shape index (κ2) is 5.43. The van der Waals surface area contributed by atoms with Gasteiger partial charge in [0.15, 0.2) is 0 Å². The summed E-state index contributed by atoms with van der Waals surface area (Å²) in [5.41, 5.74) is 1.52. The van der Waals surface area contributed by atoms with Gasteiger partial charge >= 0.3 is 0 Å². The van der Waals surface area contributed by atoms with Gasteiger partial charge in [-0.3, -0.25) is 0 Å². The molecule has 1 aromatic rings. The second-order valence-corrected chi connectivity index (χ2v) is 7.79. The van der Waals surface area contributed by atoms with Crippen molar-refractivity contribution in [1.29, 1.82) is 0 Å². The largest absolute Gasteiger partial charge is 0.243 e. The first-order valence-corrected chi connectivity index (χ1v) is 8.41. The minimum absolute atomic E-state index is 0.392. The summed E-state index contributed by atoms with van der Waals surface area (Å²) in [5.74, 6) is 0.428. The van der Waals surface area contributed by atoms with Crippen LogP contribution in [0.25, 0.3) is 0 Å². The molecule has 1 aromatic carbocycles. The van der Waals surface area contributed by atoms with E-state index in [1.165, 1.54) is 0 Å². The van der Waals surface area contributed by atoms with Crippen LogP contribution in [0.1, 0.15) is 30.9 Å². The van der Waals surface area contributed by atoms with Gasteiger partial charge < -0.3 is 0 Å². The third kappa shape index (κ3) is 2.96. The smallest absolute Gasteiger partial charge is 0.207 e. The van der Waals surface area contributed by atoms with Crippen molar-refractivity contribution in [2.45, 2.75) is 38.5 Å². The Hall–Kier alpha value is -0.580. The molecule has 0 spiro atoms. The average molecular weight is 302 g/mol. The van der Waals surface area contributed by atoms with Crippen molar-refractivity contribution in [2.24, 2.45) is 5.92 Å². The summed E-state index contributed by atoms with van der Waals surface area (Å²) in [6, 6.07) is 3.42. The highest BCUT2D eigenvalue weighted by Gasteiger charge is 2.30. The minimum atomic E-state index is -3.39. The summed E-state index contributed by atoms with van der Waals surface area (Å²) in [6.07, 6.45) is 2.04. The summed E-state index contributed by atoms with van der Waals surface area (Å²) in [5, 5.41) is 0.614. The van der Waals surface area contributed by atoms with E-state index in [1.54, 1.807) is 23.4 Å². The molecule has 1 heterocycles. The quantitative estimate of drug-likeness (QED) is 0.840. The number of benzene rings is 1. The Bertz CT molecular complexity index is 583. The van der Waals surface area contributed by atoms with Gasteiger partial charge in [-0.15, -0.1) is 0 Å². The van der Waals surface area contributed by atoms with Crippen LogP contribution in [-0.2, 0) is 10.0 Å². The van der Waals surface area contributed by atoms with E-state index < -0.39 is 10.0 Å². The van der Waals surface area contributed by atoms with E-state index in [1.807, 2.05) is 6.92 Å². The first kappa shape index (κ1) is 14.8. The lowest BCUT2D eigenvalue weighted by Crippen LogP contribution is -2.39. The summed E-state index contributed by atoms with van der Waals surface area (Å²) >= 11 is 6.04. The Labute approximate surface area is 120 Å². The number of hydrogen-bond acceptors (Lipinski definition) is 2. The van der Waals surface area contributed by atoms with Crippen molar-refractivity contribution < 1.29 is 8.42 Å². The molecule has 0 N–H and O–H groups in total. The van der Waals surface area contributed by atoms with Crippen molar-refractivity contribution >= 4 is 21.6 Å². The fraction of sp³-hybridized carbons (Fsp3) is 0.571. The van der Waals surface area contributed by atoms with E-state index in [-0.39, 0.29) is 0 Å². The Morgan fingerprint density at radius 1 is 1.26 bits per heavy atom. The third-order valence-electron chi connectivity index (χ3n) is 3.69. The predicted octanol–water partition coefficient (Wildman–Crippen LogP) is 3.38. The molecule has 19 heavy (non-hydrogen) atoms. The number of hydrogen-bond donors (Lipinski definition) is 0. The highest BCUT2D eigenvalue weighted by molar-refractivity contribution is 7.89. The molecule has 0 aromatic heterocycles. The second-order valence-electron chi connectivity index (χ2n) is 5.48. The topological polar surface area (TPSA) is 37.4 Å². The fourth-order valence-corrected chi connectivity index (χ4v) is 4.64. The lowest BCUT2D eigenvalue weighted by atomic mass is 10.0. The predicted molar refractivity (Wildman–Crippen MR) is 78.1 cm³/mol. The standard InChI is InChI=1S/C14H20ClNO2S/c1-10-5-4-6-16(9-10)19(17,18)14-8-11(2)13(15)7-12(14)3/h7-8,10H,4-6,9H2,1-3H3/t10-/m0/s1. The highest BCUT2D eigenvalue weighted by atomic mass is 35.5. The van der Waals surface area contributed by atoms with Gasteiger partial charge in [0.2, 0.25) is 10.0 Å². The van der Waals surface area contributed by atoms with Crippen LogP contribution in [-0.4, -0.2) is 25.8 Å². The van der Waals surface area contributed by atoms with Gasteiger partial charge in [0.25, 0.3) is 0 Å². The third-order valence-corrected chi connectivity index (χ3v) is 6.11. The van der Waals surface area contributed by atoms with E-state index in [9.17, 15) is 8.42 Å². The van der Waals surface area contributed by atoms with Crippen molar-refractivity contribution in [3.05, 3.63) is 28.3 Å². The Morgan fingerprint density at radius 3 is 2.58 bits per heavy atom. The SMILES string of the molecule is Cc1cc(S(=O)(=O)N2CCC[C@H](C)C2)c(C)cc1Cl. The maximum Gasteiger partial charge on any atom is 0.243 e. The molecule has 1 atom stereocenters. The monoisotopic (exact) mass is 301 g/mol. The summed E-state index contributed by atoms with van der Waals surface area (Å²) in [6.45, 7) is 6.96. The molecule has 1 fully saturated rings. The molecular formula is C14H20ClNO2S. The molecule has 0 aliphatic carbocycles. The van der Waals surface area contributed by atoms with Gasteiger partial charge in [0, 0.05) is 18.1 Å². The molecule has 0 radical (unpaired) electrons. The van der Waals surface area contributed by atoms with Crippen molar-refractivity contribution in [2.75, 3.05) is 13.1 Å². The zero-order valence-corrected chi connectivity index (χ0v) is 13.2. The maximum absolute atomic E-state index is 12.7. The van der Waals surface area contributed by atoms with E-state index >= 15 is 0 Å². The first-order chi connectivity index (χ1) is 8.82. The Morgan fingerprint density at radius 2 is 1.95 bits per heavy atom. The van der Waals surface area contributed by atoms with Crippen LogP contribution in [0, 0.1) is 19.8 Å². The van der Waals surface area contributed by atoms with Crippen LogP contribution in [0.3, 0.4) is 0 Å². The summed E-state index contributed by atoms with van der Waals surface area (Å²) in [4.78, 5) is 0.392. The van der Waals surface area contributed by atoms with Gasteiger partial charge in [0.05, 0.1) is 4.90 Å². The van der Waals surface area contributed by atoms with Gasteiger partial charge in [-0.25, -0.2) is 8.42 Å². The fourth-order valence-electron chi connectivity index (χ4n) is 2.54. The zero-order valence-electron chi connectivity index (χ0n) is 11.6. The highest BCUT2D eigenvalue weighted by Crippen LogP contribution is 2.28.